The molecule has 0 aliphatic heterocycles. The van der Waals surface area contributed by atoms with Gasteiger partial charge in [-0.05, 0) is 50.3 Å². The maximum atomic E-state index is 3.83. The van der Waals surface area contributed by atoms with Crippen LogP contribution >= 0.6 is 11.8 Å². The number of hydrogen-bond acceptors (Lipinski definition) is 2. The molecule has 1 aromatic carbocycles. The Morgan fingerprint density at radius 1 is 1.35 bits per heavy atom. The molecule has 0 radical (unpaired) electrons. The number of benzene rings is 1. The molecule has 0 heterocycles. The molecule has 0 saturated heterocycles. The molecule has 1 aromatic rings. The molecule has 112 valence electrons. The topological polar surface area (TPSA) is 12.0 Å². The summed E-state index contributed by atoms with van der Waals surface area (Å²) in [6, 6.07) is 9.57. The minimum atomic E-state index is 0.412. The summed E-state index contributed by atoms with van der Waals surface area (Å²) < 4.78 is 0. The Bertz CT molecular complexity index is 427. The van der Waals surface area contributed by atoms with E-state index in [2.05, 4.69) is 69.0 Å². The van der Waals surface area contributed by atoms with E-state index in [0.717, 1.165) is 6.54 Å². The normalized spacial score (nSPS) is 25.6. The number of thioether (sulfide) groups is 1. The maximum Gasteiger partial charge on any atom is 0.0253 e. The van der Waals surface area contributed by atoms with Crippen molar-refractivity contribution in [3.8, 4) is 0 Å². The van der Waals surface area contributed by atoms with Crippen LogP contribution in [0.2, 0.25) is 0 Å². The first-order valence-corrected chi connectivity index (χ1v) is 8.87. The quantitative estimate of drug-likeness (QED) is 0.816. The summed E-state index contributed by atoms with van der Waals surface area (Å²) in [5.41, 5.74) is 1.78. The van der Waals surface area contributed by atoms with Gasteiger partial charge in [0.05, 0.1) is 0 Å². The van der Waals surface area contributed by atoms with Crippen LogP contribution in [-0.4, -0.2) is 17.8 Å². The Labute approximate surface area is 128 Å². The maximum absolute atomic E-state index is 3.83. The fraction of sp³-hybridized carbons (Fsp3) is 0.667. The molecule has 0 amide bonds. The van der Waals surface area contributed by atoms with Gasteiger partial charge in [0.2, 0.25) is 0 Å². The third-order valence-corrected chi connectivity index (χ3v) is 5.75. The van der Waals surface area contributed by atoms with E-state index in [4.69, 9.17) is 0 Å². The first-order valence-electron chi connectivity index (χ1n) is 7.99. The Balaban J connectivity index is 2.10. The smallest absolute Gasteiger partial charge is 0.0253 e. The second-order valence-corrected chi connectivity index (χ2v) is 8.10. The molecule has 2 atom stereocenters. The third-order valence-electron chi connectivity index (χ3n) is 4.41. The van der Waals surface area contributed by atoms with Crippen LogP contribution in [0.4, 0.5) is 0 Å². The van der Waals surface area contributed by atoms with Crippen molar-refractivity contribution in [2.45, 2.75) is 69.6 Å². The van der Waals surface area contributed by atoms with Crippen molar-refractivity contribution >= 4 is 11.8 Å². The predicted octanol–water partition coefficient (Wildman–Crippen LogP) is 5.03. The Morgan fingerprint density at radius 2 is 2.15 bits per heavy atom. The van der Waals surface area contributed by atoms with Crippen LogP contribution in [0, 0.1) is 12.3 Å². The summed E-state index contributed by atoms with van der Waals surface area (Å²) in [6.45, 7) is 10.4. The van der Waals surface area contributed by atoms with Crippen molar-refractivity contribution in [3.05, 3.63) is 29.8 Å². The van der Waals surface area contributed by atoms with E-state index in [9.17, 15) is 0 Å². The summed E-state index contributed by atoms with van der Waals surface area (Å²) in [4.78, 5) is 1.43. The zero-order chi connectivity index (χ0) is 14.6. The summed E-state index contributed by atoms with van der Waals surface area (Å²) >= 11 is 2.08. The summed E-state index contributed by atoms with van der Waals surface area (Å²) in [5, 5.41) is 4.53. The molecule has 2 rings (SSSR count). The predicted molar refractivity (Wildman–Crippen MR) is 90.5 cm³/mol. The molecule has 1 N–H and O–H groups in total. The van der Waals surface area contributed by atoms with Gasteiger partial charge in [0, 0.05) is 16.2 Å². The van der Waals surface area contributed by atoms with Gasteiger partial charge in [0.25, 0.3) is 0 Å². The fourth-order valence-electron chi connectivity index (χ4n) is 3.28. The lowest BCUT2D eigenvalue weighted by Gasteiger charge is -2.44. The molecule has 1 fully saturated rings. The van der Waals surface area contributed by atoms with Gasteiger partial charge in [-0.15, -0.1) is 11.8 Å². The van der Waals surface area contributed by atoms with Gasteiger partial charge in [-0.25, -0.2) is 0 Å². The molecule has 20 heavy (non-hydrogen) atoms. The highest BCUT2D eigenvalue weighted by atomic mass is 32.2. The van der Waals surface area contributed by atoms with Crippen molar-refractivity contribution in [1.29, 1.82) is 0 Å². The van der Waals surface area contributed by atoms with E-state index < -0.39 is 0 Å². The Hall–Kier alpha value is -0.470. The highest BCUT2D eigenvalue weighted by Crippen LogP contribution is 2.42. The summed E-state index contributed by atoms with van der Waals surface area (Å²) in [6.07, 6.45) is 5.26. The molecule has 0 aromatic heterocycles. The summed E-state index contributed by atoms with van der Waals surface area (Å²) in [5.74, 6) is 0. The minimum absolute atomic E-state index is 0.412. The molecule has 1 aliphatic carbocycles. The Kier molecular flexibility index (Phi) is 5.57. The molecule has 0 spiro atoms. The van der Waals surface area contributed by atoms with E-state index in [1.165, 1.54) is 36.1 Å². The molecule has 1 saturated carbocycles. The molecule has 0 bridgehead atoms. The van der Waals surface area contributed by atoms with E-state index in [-0.39, 0.29) is 0 Å². The number of aryl methyl sites for hydroxylation is 1. The lowest BCUT2D eigenvalue weighted by Crippen LogP contribution is -2.51. The van der Waals surface area contributed by atoms with Crippen molar-refractivity contribution in [3.63, 3.8) is 0 Å². The zero-order valence-corrected chi connectivity index (χ0v) is 14.2. The van der Waals surface area contributed by atoms with Crippen molar-refractivity contribution in [2.24, 2.45) is 5.41 Å². The van der Waals surface area contributed by atoms with Gasteiger partial charge in [0.15, 0.2) is 0 Å². The fourth-order valence-corrected chi connectivity index (χ4v) is 4.93. The molecular formula is C18H29NS. The number of nitrogens with one attached hydrogen (secondary N) is 1. The van der Waals surface area contributed by atoms with Gasteiger partial charge in [-0.1, -0.05) is 44.9 Å². The van der Waals surface area contributed by atoms with Crippen LogP contribution in [0.3, 0.4) is 0 Å². The highest BCUT2D eigenvalue weighted by molar-refractivity contribution is 8.00. The van der Waals surface area contributed by atoms with Crippen LogP contribution in [0.25, 0.3) is 0 Å². The van der Waals surface area contributed by atoms with Crippen LogP contribution in [0.15, 0.2) is 29.2 Å². The van der Waals surface area contributed by atoms with Crippen LogP contribution < -0.4 is 5.32 Å². The second kappa shape index (κ2) is 7.00. The zero-order valence-electron chi connectivity index (χ0n) is 13.4. The first kappa shape index (κ1) is 15.9. The van der Waals surface area contributed by atoms with Gasteiger partial charge in [0.1, 0.15) is 0 Å². The molecule has 2 heteroatoms. The van der Waals surface area contributed by atoms with Crippen LogP contribution in [-0.2, 0) is 0 Å². The molecule has 1 nitrogen and oxygen atoms in total. The Morgan fingerprint density at radius 3 is 2.85 bits per heavy atom. The van der Waals surface area contributed by atoms with Crippen molar-refractivity contribution < 1.29 is 0 Å². The molecular weight excluding hydrogens is 262 g/mol. The third kappa shape index (κ3) is 4.02. The second-order valence-electron chi connectivity index (χ2n) is 6.79. The molecule has 2 unspecified atom stereocenters. The number of rotatable bonds is 5. The van der Waals surface area contributed by atoms with Gasteiger partial charge in [-0.3, -0.25) is 0 Å². The largest absolute Gasteiger partial charge is 0.312 e. The number of hydrogen-bond donors (Lipinski definition) is 1. The van der Waals surface area contributed by atoms with Gasteiger partial charge < -0.3 is 5.32 Å². The first-order chi connectivity index (χ1) is 9.53. The SMILES string of the molecule is CCCNC1C(Sc2cccc(C)c2)CCCC1(C)C. The van der Waals surface area contributed by atoms with Crippen molar-refractivity contribution in [1.82, 2.24) is 5.32 Å². The highest BCUT2D eigenvalue weighted by Gasteiger charge is 2.38. The van der Waals surface area contributed by atoms with Crippen LogP contribution in [0.5, 0.6) is 0 Å². The average Bonchev–Trinajstić information content (AvgIpc) is 2.37. The van der Waals surface area contributed by atoms with E-state index in [1.807, 2.05) is 0 Å². The summed E-state index contributed by atoms with van der Waals surface area (Å²) in [7, 11) is 0. The average molecular weight is 292 g/mol. The minimum Gasteiger partial charge on any atom is -0.312 e. The monoisotopic (exact) mass is 291 g/mol. The lowest BCUT2D eigenvalue weighted by atomic mass is 9.73. The van der Waals surface area contributed by atoms with Gasteiger partial charge >= 0.3 is 0 Å². The van der Waals surface area contributed by atoms with Gasteiger partial charge in [-0.2, -0.15) is 0 Å². The van der Waals surface area contributed by atoms with Crippen molar-refractivity contribution in [2.75, 3.05) is 6.54 Å². The lowest BCUT2D eigenvalue weighted by molar-refractivity contribution is 0.175. The standard InChI is InChI=1S/C18H29NS/c1-5-12-19-17-16(10-7-11-18(17,3)4)20-15-9-6-8-14(2)13-15/h6,8-9,13,16-17,19H,5,7,10-12H2,1-4H3. The van der Waals surface area contributed by atoms with E-state index >= 15 is 0 Å². The molecule has 1 aliphatic rings. The van der Waals surface area contributed by atoms with Crippen LogP contribution in [0.1, 0.15) is 52.0 Å². The van der Waals surface area contributed by atoms with E-state index in [0.29, 0.717) is 16.7 Å². The van der Waals surface area contributed by atoms with E-state index in [1.54, 1.807) is 0 Å².